The minimum atomic E-state index is -0.964. The van der Waals surface area contributed by atoms with E-state index in [2.05, 4.69) is 0 Å². The number of nitro groups is 1. The molecule has 0 aromatic rings. The number of carboxylic acid groups (broad SMARTS) is 1. The number of aliphatic carboxylic acids is 1. The molecular formula is C15H23NO5. The highest BCUT2D eigenvalue weighted by molar-refractivity contribution is 5.72. The predicted octanol–water partition coefficient (Wildman–Crippen LogP) is 1.95. The van der Waals surface area contributed by atoms with Gasteiger partial charge in [-0.2, -0.15) is 0 Å². The largest absolute Gasteiger partial charge is 0.481 e. The lowest BCUT2D eigenvalue weighted by atomic mass is 9.46. The van der Waals surface area contributed by atoms with Crippen LogP contribution in [0.3, 0.4) is 0 Å². The SMILES string of the molecule is CC(C)(C)C(C(=O)O)[C@@]1(C[N+](=O)[O-])C[C@@H]2CC(CO)=C[C@@H]21. The fourth-order valence-corrected chi connectivity index (χ4v) is 4.63. The van der Waals surface area contributed by atoms with E-state index in [0.29, 0.717) is 6.42 Å². The fourth-order valence-electron chi connectivity index (χ4n) is 4.63. The number of aliphatic hydroxyl groups excluding tert-OH is 1. The van der Waals surface area contributed by atoms with Gasteiger partial charge in [0.15, 0.2) is 0 Å². The molecule has 21 heavy (non-hydrogen) atoms. The molecule has 1 fully saturated rings. The van der Waals surface area contributed by atoms with Crippen molar-refractivity contribution >= 4 is 5.97 Å². The van der Waals surface area contributed by atoms with Crippen molar-refractivity contribution in [3.63, 3.8) is 0 Å². The lowest BCUT2D eigenvalue weighted by molar-refractivity contribution is -0.510. The van der Waals surface area contributed by atoms with E-state index in [4.69, 9.17) is 0 Å². The summed E-state index contributed by atoms with van der Waals surface area (Å²) in [7, 11) is 0. The van der Waals surface area contributed by atoms with E-state index in [1.165, 1.54) is 0 Å². The molecule has 0 aromatic carbocycles. The molecule has 0 spiro atoms. The number of hydrogen-bond acceptors (Lipinski definition) is 4. The van der Waals surface area contributed by atoms with Gasteiger partial charge in [-0.05, 0) is 35.7 Å². The van der Waals surface area contributed by atoms with Crippen molar-refractivity contribution in [2.75, 3.05) is 13.2 Å². The van der Waals surface area contributed by atoms with Crippen molar-refractivity contribution in [2.45, 2.75) is 33.6 Å². The zero-order valence-electron chi connectivity index (χ0n) is 12.7. The van der Waals surface area contributed by atoms with Crippen molar-refractivity contribution in [3.8, 4) is 0 Å². The molecule has 0 saturated heterocycles. The highest BCUT2D eigenvalue weighted by atomic mass is 16.6. The Morgan fingerprint density at radius 2 is 2.19 bits per heavy atom. The topological polar surface area (TPSA) is 101 Å². The average Bonchev–Trinajstić information content (AvgIpc) is 2.63. The van der Waals surface area contributed by atoms with Gasteiger partial charge in [0, 0.05) is 4.92 Å². The number of aliphatic hydroxyl groups is 1. The quantitative estimate of drug-likeness (QED) is 0.459. The monoisotopic (exact) mass is 297 g/mol. The first-order chi connectivity index (χ1) is 9.61. The Labute approximate surface area is 124 Å². The normalized spacial score (nSPS) is 32.9. The number of carbonyl (C=O) groups is 1. The summed E-state index contributed by atoms with van der Waals surface area (Å²) in [4.78, 5) is 22.6. The molecule has 2 rings (SSSR count). The number of carboxylic acids is 1. The van der Waals surface area contributed by atoms with Crippen LogP contribution in [-0.2, 0) is 4.79 Å². The lowest BCUT2D eigenvalue weighted by Crippen LogP contribution is -2.59. The van der Waals surface area contributed by atoms with Crippen molar-refractivity contribution in [2.24, 2.45) is 28.6 Å². The summed E-state index contributed by atoms with van der Waals surface area (Å²) in [5.41, 5.74) is -0.508. The van der Waals surface area contributed by atoms with Gasteiger partial charge in [-0.15, -0.1) is 0 Å². The Hall–Kier alpha value is -1.43. The molecule has 2 aliphatic carbocycles. The van der Waals surface area contributed by atoms with Crippen molar-refractivity contribution in [3.05, 3.63) is 21.8 Å². The Bertz CT molecular complexity index is 493. The molecule has 0 heterocycles. The summed E-state index contributed by atoms with van der Waals surface area (Å²) in [6.07, 6.45) is 3.17. The summed E-state index contributed by atoms with van der Waals surface area (Å²) < 4.78 is 0. The Balaban J connectivity index is 2.42. The molecular weight excluding hydrogens is 274 g/mol. The molecule has 0 radical (unpaired) electrons. The predicted molar refractivity (Wildman–Crippen MR) is 76.3 cm³/mol. The third kappa shape index (κ3) is 2.57. The first-order valence-corrected chi connectivity index (χ1v) is 7.27. The minimum Gasteiger partial charge on any atom is -0.481 e. The van der Waals surface area contributed by atoms with E-state index in [1.807, 2.05) is 26.8 Å². The number of hydrogen-bond donors (Lipinski definition) is 2. The van der Waals surface area contributed by atoms with Gasteiger partial charge in [0.25, 0.3) is 0 Å². The second kappa shape index (κ2) is 5.09. The molecule has 6 nitrogen and oxygen atoms in total. The number of nitrogens with zero attached hydrogens (tertiary/aromatic N) is 1. The summed E-state index contributed by atoms with van der Waals surface area (Å²) in [5, 5.41) is 30.1. The summed E-state index contributed by atoms with van der Waals surface area (Å²) in [5.74, 6) is -1.60. The lowest BCUT2D eigenvalue weighted by Gasteiger charge is -2.55. The first kappa shape index (κ1) is 15.9. The molecule has 0 amide bonds. The van der Waals surface area contributed by atoms with Gasteiger partial charge in [-0.1, -0.05) is 26.8 Å². The number of rotatable bonds is 5. The van der Waals surface area contributed by atoms with Crippen LogP contribution >= 0.6 is 0 Å². The van der Waals surface area contributed by atoms with Crippen LogP contribution in [0.25, 0.3) is 0 Å². The standard InChI is InChI=1S/C15H23NO5/c1-14(2,3)12(13(18)19)15(8-16(20)21)6-10-4-9(7-17)5-11(10)15/h5,10-12,17H,4,6-8H2,1-3H3,(H,18,19)/t10-,11-,12?,15+/m0/s1. The second-order valence-corrected chi connectivity index (χ2v) is 7.54. The van der Waals surface area contributed by atoms with E-state index in [9.17, 15) is 25.1 Å². The maximum absolute atomic E-state index is 11.8. The molecule has 118 valence electrons. The first-order valence-electron chi connectivity index (χ1n) is 7.27. The summed E-state index contributed by atoms with van der Waals surface area (Å²) >= 11 is 0. The van der Waals surface area contributed by atoms with Crippen LogP contribution in [0.2, 0.25) is 0 Å². The van der Waals surface area contributed by atoms with E-state index in [0.717, 1.165) is 12.0 Å². The molecule has 0 aromatic heterocycles. The van der Waals surface area contributed by atoms with Gasteiger partial charge in [0.2, 0.25) is 6.54 Å². The van der Waals surface area contributed by atoms with Crippen LogP contribution in [-0.4, -0.2) is 34.3 Å². The summed E-state index contributed by atoms with van der Waals surface area (Å²) in [6, 6.07) is 0. The molecule has 0 bridgehead atoms. The highest BCUT2D eigenvalue weighted by Crippen LogP contribution is 2.64. The summed E-state index contributed by atoms with van der Waals surface area (Å²) in [6.45, 7) is 5.11. The van der Waals surface area contributed by atoms with Gasteiger partial charge in [-0.3, -0.25) is 14.9 Å². The van der Waals surface area contributed by atoms with E-state index >= 15 is 0 Å². The Kier molecular flexibility index (Phi) is 3.86. The Morgan fingerprint density at radius 1 is 1.57 bits per heavy atom. The van der Waals surface area contributed by atoms with Crippen LogP contribution in [0.5, 0.6) is 0 Å². The minimum absolute atomic E-state index is 0.0468. The van der Waals surface area contributed by atoms with Crippen LogP contribution in [0.15, 0.2) is 11.6 Å². The van der Waals surface area contributed by atoms with Gasteiger partial charge in [0.1, 0.15) is 0 Å². The molecule has 0 aliphatic heterocycles. The van der Waals surface area contributed by atoms with Crippen LogP contribution in [0.1, 0.15) is 33.6 Å². The maximum Gasteiger partial charge on any atom is 0.307 e. The molecule has 2 N–H and O–H groups in total. The third-order valence-corrected chi connectivity index (χ3v) is 5.07. The smallest absolute Gasteiger partial charge is 0.307 e. The second-order valence-electron chi connectivity index (χ2n) is 7.54. The van der Waals surface area contributed by atoms with Gasteiger partial charge < -0.3 is 10.2 Å². The third-order valence-electron chi connectivity index (χ3n) is 5.07. The van der Waals surface area contributed by atoms with Crippen LogP contribution < -0.4 is 0 Å². The van der Waals surface area contributed by atoms with Crippen molar-refractivity contribution in [1.82, 2.24) is 0 Å². The number of allylic oxidation sites excluding steroid dienone is 1. The fraction of sp³-hybridized carbons (Fsp3) is 0.800. The average molecular weight is 297 g/mol. The molecule has 4 atom stereocenters. The molecule has 1 unspecified atom stereocenters. The number of fused-ring (bicyclic) bond motifs is 1. The Morgan fingerprint density at radius 3 is 2.62 bits per heavy atom. The van der Waals surface area contributed by atoms with E-state index in [-0.39, 0.29) is 29.9 Å². The van der Waals surface area contributed by atoms with Crippen molar-refractivity contribution < 1.29 is 19.9 Å². The van der Waals surface area contributed by atoms with Crippen LogP contribution in [0.4, 0.5) is 0 Å². The zero-order chi connectivity index (χ0) is 16.0. The van der Waals surface area contributed by atoms with Gasteiger partial charge in [-0.25, -0.2) is 0 Å². The molecule has 2 aliphatic rings. The van der Waals surface area contributed by atoms with Crippen LogP contribution in [0, 0.1) is 38.7 Å². The zero-order valence-corrected chi connectivity index (χ0v) is 12.7. The van der Waals surface area contributed by atoms with E-state index < -0.39 is 22.7 Å². The van der Waals surface area contributed by atoms with Crippen molar-refractivity contribution in [1.29, 1.82) is 0 Å². The maximum atomic E-state index is 11.8. The van der Waals surface area contributed by atoms with E-state index in [1.54, 1.807) is 0 Å². The van der Waals surface area contributed by atoms with Gasteiger partial charge in [0.05, 0.1) is 17.9 Å². The molecule has 1 saturated carbocycles. The highest BCUT2D eigenvalue weighted by Gasteiger charge is 2.65. The van der Waals surface area contributed by atoms with Gasteiger partial charge >= 0.3 is 5.97 Å². The molecule has 6 heteroatoms.